The topological polar surface area (TPSA) is 81.2 Å². The monoisotopic (exact) mass is 457 g/mol. The van der Waals surface area contributed by atoms with Crippen molar-refractivity contribution in [3.63, 3.8) is 0 Å². The summed E-state index contributed by atoms with van der Waals surface area (Å²) in [7, 11) is 1.64. The average Bonchev–Trinajstić information content (AvgIpc) is 3.05. The molecule has 1 atom stereocenters. The van der Waals surface area contributed by atoms with Crippen molar-refractivity contribution < 1.29 is 9.53 Å². The number of amides is 1. The van der Waals surface area contributed by atoms with Crippen LogP contribution in [0.15, 0.2) is 58.2 Å². The first kappa shape index (κ1) is 21.4. The highest BCUT2D eigenvalue weighted by atomic mass is 32.2. The molecule has 0 aliphatic heterocycles. The van der Waals surface area contributed by atoms with Crippen molar-refractivity contribution in [2.45, 2.75) is 30.7 Å². The molecule has 1 amide bonds. The van der Waals surface area contributed by atoms with Crippen LogP contribution in [0.5, 0.6) is 5.75 Å². The molecule has 0 radical (unpaired) electrons. The quantitative estimate of drug-likeness (QED) is 0.356. The molecule has 7 heteroatoms. The first-order valence-electron chi connectivity index (χ1n) is 10.8. The van der Waals surface area contributed by atoms with Gasteiger partial charge in [-0.2, -0.15) is 0 Å². The van der Waals surface area contributed by atoms with Gasteiger partial charge in [-0.05, 0) is 66.1 Å². The van der Waals surface area contributed by atoms with Crippen molar-refractivity contribution in [2.24, 2.45) is 0 Å². The molecular weight excluding hydrogens is 434 g/mol. The van der Waals surface area contributed by atoms with Crippen molar-refractivity contribution in [2.75, 3.05) is 13.4 Å². The molecular formula is C26H23N3O3S. The molecule has 1 aromatic heterocycles. The number of para-hydroxylation sites is 2. The number of nitrogens with zero attached hydrogens (tertiary/aromatic N) is 2. The summed E-state index contributed by atoms with van der Waals surface area (Å²) in [5.41, 5.74) is 6.61. The van der Waals surface area contributed by atoms with Gasteiger partial charge in [0.15, 0.2) is 11.2 Å². The molecule has 1 N–H and O–H groups in total. The Morgan fingerprint density at radius 2 is 1.85 bits per heavy atom. The Hall–Kier alpha value is -3.45. The van der Waals surface area contributed by atoms with Crippen LogP contribution in [-0.2, 0) is 11.2 Å². The number of carbonyl (C=O) groups is 1. The van der Waals surface area contributed by atoms with Crippen molar-refractivity contribution >= 4 is 39.7 Å². The van der Waals surface area contributed by atoms with Gasteiger partial charge < -0.3 is 10.1 Å². The summed E-state index contributed by atoms with van der Waals surface area (Å²) in [5.74, 6) is 0.502. The highest BCUT2D eigenvalue weighted by Gasteiger charge is 2.27. The first-order chi connectivity index (χ1) is 16.0. The number of ether oxygens (including phenoxy) is 1. The average molecular weight is 458 g/mol. The van der Waals surface area contributed by atoms with Crippen LogP contribution in [0.4, 0.5) is 0 Å². The van der Waals surface area contributed by atoms with E-state index in [2.05, 4.69) is 11.4 Å². The van der Waals surface area contributed by atoms with E-state index in [9.17, 15) is 9.59 Å². The maximum atomic E-state index is 12.9. The maximum absolute atomic E-state index is 12.9. The molecule has 0 fully saturated rings. The van der Waals surface area contributed by atoms with E-state index in [4.69, 9.17) is 14.7 Å². The molecule has 33 heavy (non-hydrogen) atoms. The van der Waals surface area contributed by atoms with Crippen LogP contribution in [-0.4, -0.2) is 29.2 Å². The Bertz CT molecular complexity index is 1490. The summed E-state index contributed by atoms with van der Waals surface area (Å²) in [5, 5.41) is 3.04. The Morgan fingerprint density at radius 3 is 2.55 bits per heavy atom. The largest absolute Gasteiger partial charge is 0.494 e. The minimum absolute atomic E-state index is 0.0620. The van der Waals surface area contributed by atoms with E-state index < -0.39 is 0 Å². The number of hydrogen-bond donors (Lipinski definition) is 1. The number of thioether (sulfide) groups is 1. The summed E-state index contributed by atoms with van der Waals surface area (Å²) < 4.78 is 5.95. The van der Waals surface area contributed by atoms with E-state index in [0.29, 0.717) is 29.0 Å². The van der Waals surface area contributed by atoms with Gasteiger partial charge in [0.1, 0.15) is 5.52 Å². The minimum atomic E-state index is -0.285. The van der Waals surface area contributed by atoms with Crippen LogP contribution in [0.3, 0.4) is 0 Å². The SMILES string of the molecule is COc1c2c(cc3nc4ccccc4nc13)CC[C@H](NC(C)=O)c1cc(=O)c(SC)ccc1-2. The molecule has 1 aliphatic rings. The van der Waals surface area contributed by atoms with Crippen molar-refractivity contribution in [1.29, 1.82) is 0 Å². The van der Waals surface area contributed by atoms with Gasteiger partial charge >= 0.3 is 0 Å². The second-order valence-electron chi connectivity index (χ2n) is 8.10. The number of fused-ring (bicyclic) bond motifs is 5. The molecule has 1 heterocycles. The molecule has 0 saturated heterocycles. The van der Waals surface area contributed by atoms with Crippen LogP contribution < -0.4 is 15.5 Å². The molecule has 166 valence electrons. The smallest absolute Gasteiger partial charge is 0.217 e. The van der Waals surface area contributed by atoms with Crippen LogP contribution in [0, 0.1) is 0 Å². The fraction of sp³-hybridized carbons (Fsp3) is 0.231. The lowest BCUT2D eigenvalue weighted by Gasteiger charge is -2.18. The van der Waals surface area contributed by atoms with Gasteiger partial charge in [-0.3, -0.25) is 9.59 Å². The van der Waals surface area contributed by atoms with Crippen LogP contribution in [0.2, 0.25) is 0 Å². The number of carbonyl (C=O) groups excluding carboxylic acids is 1. The minimum Gasteiger partial charge on any atom is -0.494 e. The third-order valence-electron chi connectivity index (χ3n) is 6.06. The van der Waals surface area contributed by atoms with E-state index in [1.165, 1.54) is 18.7 Å². The molecule has 5 rings (SSSR count). The standard InChI is InChI=1S/C26H23N3O3S/c1-14(30)27-18-10-8-15-12-21-25(29-20-7-5-4-6-19(20)28-21)26(32-2)24(15)16-9-11-23(33-3)22(31)13-17(16)18/h4-7,9,11-13,18H,8,10H2,1-3H3,(H,27,30)/t18-/m0/s1. The first-order valence-corrected chi connectivity index (χ1v) is 12.0. The fourth-order valence-electron chi connectivity index (χ4n) is 4.64. The highest BCUT2D eigenvalue weighted by molar-refractivity contribution is 7.98. The zero-order valence-corrected chi connectivity index (χ0v) is 19.5. The van der Waals surface area contributed by atoms with Gasteiger partial charge in [0.25, 0.3) is 0 Å². The summed E-state index contributed by atoms with van der Waals surface area (Å²) in [6.45, 7) is 1.50. The maximum Gasteiger partial charge on any atom is 0.217 e. The molecule has 1 aliphatic carbocycles. The summed E-state index contributed by atoms with van der Waals surface area (Å²) in [6.07, 6.45) is 3.24. The highest BCUT2D eigenvalue weighted by Crippen LogP contribution is 2.45. The Morgan fingerprint density at radius 1 is 1.09 bits per heavy atom. The molecule has 4 aromatic rings. The van der Waals surface area contributed by atoms with E-state index in [0.717, 1.165) is 38.8 Å². The molecule has 0 bridgehead atoms. The number of rotatable bonds is 3. The number of aryl methyl sites for hydroxylation is 1. The molecule has 0 saturated carbocycles. The second kappa shape index (κ2) is 8.48. The predicted octanol–water partition coefficient (Wildman–Crippen LogP) is 4.66. The molecule has 6 nitrogen and oxygen atoms in total. The van der Waals surface area contributed by atoms with Gasteiger partial charge in [-0.25, -0.2) is 9.97 Å². The van der Waals surface area contributed by atoms with E-state index in [1.54, 1.807) is 13.2 Å². The molecule has 3 aromatic carbocycles. The van der Waals surface area contributed by atoms with Crippen LogP contribution >= 0.6 is 11.8 Å². The van der Waals surface area contributed by atoms with E-state index >= 15 is 0 Å². The van der Waals surface area contributed by atoms with Crippen LogP contribution in [0.1, 0.15) is 30.5 Å². The Kier molecular flexibility index (Phi) is 5.50. The number of hydrogen-bond acceptors (Lipinski definition) is 6. The van der Waals surface area contributed by atoms with Gasteiger partial charge in [-0.15, -0.1) is 11.8 Å². The number of methoxy groups -OCH3 is 1. The Labute approximate surface area is 195 Å². The lowest BCUT2D eigenvalue weighted by Crippen LogP contribution is -2.26. The van der Waals surface area contributed by atoms with E-state index in [-0.39, 0.29) is 17.4 Å². The third-order valence-corrected chi connectivity index (χ3v) is 6.84. The van der Waals surface area contributed by atoms with Gasteiger partial charge in [0, 0.05) is 12.5 Å². The number of aromatic nitrogens is 2. The molecule has 0 spiro atoms. The van der Waals surface area contributed by atoms with Crippen molar-refractivity contribution in [1.82, 2.24) is 15.3 Å². The van der Waals surface area contributed by atoms with Gasteiger partial charge in [0.05, 0.1) is 34.6 Å². The van der Waals surface area contributed by atoms with E-state index in [1.807, 2.05) is 42.7 Å². The zero-order valence-electron chi connectivity index (χ0n) is 18.6. The number of nitrogens with one attached hydrogen (secondary N) is 1. The summed E-state index contributed by atoms with van der Waals surface area (Å²) in [4.78, 5) is 35.3. The normalized spacial score (nSPS) is 14.9. The van der Waals surface area contributed by atoms with Gasteiger partial charge in [-0.1, -0.05) is 18.2 Å². The zero-order chi connectivity index (χ0) is 23.1. The number of benzene rings is 2. The second-order valence-corrected chi connectivity index (χ2v) is 8.94. The van der Waals surface area contributed by atoms with Crippen molar-refractivity contribution in [3.8, 4) is 16.9 Å². The Balaban J connectivity index is 1.88. The van der Waals surface area contributed by atoms with Crippen LogP contribution in [0.25, 0.3) is 33.2 Å². The molecule has 0 unspecified atom stereocenters. The predicted molar refractivity (Wildman–Crippen MR) is 132 cm³/mol. The van der Waals surface area contributed by atoms with Crippen molar-refractivity contribution in [3.05, 3.63) is 69.9 Å². The lowest BCUT2D eigenvalue weighted by molar-refractivity contribution is -0.119. The summed E-state index contributed by atoms with van der Waals surface area (Å²) in [6, 6.07) is 15.0. The fourth-order valence-corrected chi connectivity index (χ4v) is 5.10. The third kappa shape index (κ3) is 3.72. The lowest BCUT2D eigenvalue weighted by atomic mass is 9.95. The van der Waals surface area contributed by atoms with Gasteiger partial charge in [0.2, 0.25) is 5.91 Å². The summed E-state index contributed by atoms with van der Waals surface area (Å²) >= 11 is 1.41.